The predicted octanol–water partition coefficient (Wildman–Crippen LogP) is 7.04. The highest BCUT2D eigenvalue weighted by Gasteiger charge is 2.26. The standard InChI is InChI=1S/C27H40O3/c1-3-5-6-7-8-9-10-11-12-13-14-15-16-17-18-19-20-21-22-25(4-2)27(28)30-24-26-23-29-26/h5-6,8-9,11-12,14-15,17-18,20-21,25-26H,3-4,7,10,13,16,19,22-24H2,1-2H3. The second-order valence-corrected chi connectivity index (χ2v) is 7.34. The van der Waals surface area contributed by atoms with E-state index in [0.29, 0.717) is 6.61 Å². The molecular formula is C27H40O3. The average molecular weight is 413 g/mol. The molecule has 2 unspecified atom stereocenters. The maximum absolute atomic E-state index is 12.0. The molecule has 0 saturated carbocycles. The van der Waals surface area contributed by atoms with Crippen LogP contribution in [-0.4, -0.2) is 25.3 Å². The van der Waals surface area contributed by atoms with E-state index < -0.39 is 0 Å². The van der Waals surface area contributed by atoms with Gasteiger partial charge in [0.15, 0.2) is 0 Å². The van der Waals surface area contributed by atoms with Crippen molar-refractivity contribution in [3.05, 3.63) is 72.9 Å². The molecule has 1 rings (SSSR count). The van der Waals surface area contributed by atoms with E-state index in [-0.39, 0.29) is 18.0 Å². The van der Waals surface area contributed by atoms with Gasteiger partial charge in [-0.1, -0.05) is 86.8 Å². The van der Waals surface area contributed by atoms with Crippen molar-refractivity contribution in [3.63, 3.8) is 0 Å². The fourth-order valence-electron chi connectivity index (χ4n) is 2.67. The van der Waals surface area contributed by atoms with Crippen molar-refractivity contribution >= 4 is 5.97 Å². The van der Waals surface area contributed by atoms with Crippen LogP contribution in [0.15, 0.2) is 72.9 Å². The second kappa shape index (κ2) is 18.9. The zero-order chi connectivity index (χ0) is 21.7. The first-order chi connectivity index (χ1) is 14.8. The molecule has 1 heterocycles. The molecular weight excluding hydrogens is 372 g/mol. The molecule has 1 fully saturated rings. The first-order valence-electron chi connectivity index (χ1n) is 11.5. The van der Waals surface area contributed by atoms with Crippen LogP contribution < -0.4 is 0 Å². The summed E-state index contributed by atoms with van der Waals surface area (Å²) in [6, 6.07) is 0. The third-order valence-electron chi connectivity index (χ3n) is 4.66. The molecule has 0 amide bonds. The summed E-state index contributed by atoms with van der Waals surface area (Å²) in [7, 11) is 0. The summed E-state index contributed by atoms with van der Waals surface area (Å²) in [5.74, 6) is -0.152. The van der Waals surface area contributed by atoms with Crippen LogP contribution in [0.3, 0.4) is 0 Å². The summed E-state index contributed by atoms with van der Waals surface area (Å²) in [5, 5.41) is 0. The van der Waals surface area contributed by atoms with Gasteiger partial charge in [-0.15, -0.1) is 0 Å². The lowest BCUT2D eigenvalue weighted by molar-refractivity contribution is -0.149. The monoisotopic (exact) mass is 412 g/mol. The van der Waals surface area contributed by atoms with E-state index in [1.54, 1.807) is 0 Å². The highest BCUT2D eigenvalue weighted by molar-refractivity contribution is 5.72. The second-order valence-electron chi connectivity index (χ2n) is 7.34. The molecule has 0 aromatic rings. The maximum Gasteiger partial charge on any atom is 0.309 e. The van der Waals surface area contributed by atoms with Gasteiger partial charge < -0.3 is 9.47 Å². The van der Waals surface area contributed by atoms with Crippen molar-refractivity contribution in [1.82, 2.24) is 0 Å². The summed E-state index contributed by atoms with van der Waals surface area (Å²) in [5.41, 5.74) is 0. The zero-order valence-corrected chi connectivity index (χ0v) is 18.9. The molecule has 166 valence electrons. The zero-order valence-electron chi connectivity index (χ0n) is 18.9. The fraction of sp³-hybridized carbons (Fsp3) is 0.519. The van der Waals surface area contributed by atoms with E-state index in [1.807, 2.05) is 6.92 Å². The Morgan fingerprint density at radius 1 is 0.800 bits per heavy atom. The SMILES string of the molecule is CCC=CCC=CCC=CCC=CCC=CCC=CCC(CC)C(=O)OCC1CO1. The molecule has 0 N–H and O–H groups in total. The van der Waals surface area contributed by atoms with E-state index in [1.165, 1.54) is 0 Å². The van der Waals surface area contributed by atoms with Crippen LogP contribution in [0.5, 0.6) is 0 Å². The Bertz CT molecular complexity index is 604. The molecule has 1 saturated heterocycles. The molecule has 0 bridgehead atoms. The molecule has 2 atom stereocenters. The number of allylic oxidation sites excluding steroid dienone is 12. The minimum atomic E-state index is -0.104. The van der Waals surface area contributed by atoms with Gasteiger partial charge in [0.1, 0.15) is 12.7 Å². The number of hydrogen-bond donors (Lipinski definition) is 0. The summed E-state index contributed by atoms with van der Waals surface area (Å²) in [4.78, 5) is 12.0. The number of esters is 1. The molecule has 1 aliphatic rings. The Kier molecular flexibility index (Phi) is 16.3. The molecule has 0 spiro atoms. The molecule has 0 radical (unpaired) electrons. The Hall–Kier alpha value is -2.13. The van der Waals surface area contributed by atoms with Gasteiger partial charge in [0.2, 0.25) is 0 Å². The van der Waals surface area contributed by atoms with Crippen LogP contribution in [0.4, 0.5) is 0 Å². The van der Waals surface area contributed by atoms with E-state index in [2.05, 4.69) is 79.8 Å². The molecule has 0 aliphatic carbocycles. The van der Waals surface area contributed by atoms with Crippen LogP contribution in [0.1, 0.15) is 65.2 Å². The van der Waals surface area contributed by atoms with Gasteiger partial charge in [-0.25, -0.2) is 0 Å². The molecule has 3 heteroatoms. The highest BCUT2D eigenvalue weighted by atomic mass is 16.6. The Labute approximate surface area is 183 Å². The summed E-state index contributed by atoms with van der Waals surface area (Å²) in [6.07, 6.45) is 33.9. The lowest BCUT2D eigenvalue weighted by atomic mass is 10.0. The third kappa shape index (κ3) is 15.8. The van der Waals surface area contributed by atoms with Gasteiger partial charge >= 0.3 is 5.97 Å². The minimum absolute atomic E-state index is 0.0478. The first-order valence-corrected chi connectivity index (χ1v) is 11.5. The van der Waals surface area contributed by atoms with Crippen LogP contribution in [0.2, 0.25) is 0 Å². The van der Waals surface area contributed by atoms with Crippen molar-refractivity contribution in [2.45, 2.75) is 71.3 Å². The molecule has 30 heavy (non-hydrogen) atoms. The normalized spacial score (nSPS) is 18.1. The summed E-state index contributed by atoms with van der Waals surface area (Å²) < 4.78 is 10.3. The first kappa shape index (κ1) is 25.9. The number of ether oxygens (including phenoxy) is 2. The van der Waals surface area contributed by atoms with Crippen LogP contribution in [0, 0.1) is 5.92 Å². The number of hydrogen-bond acceptors (Lipinski definition) is 3. The number of rotatable bonds is 17. The fourth-order valence-corrected chi connectivity index (χ4v) is 2.67. The lowest BCUT2D eigenvalue weighted by Gasteiger charge is -2.11. The van der Waals surface area contributed by atoms with E-state index in [4.69, 9.17) is 9.47 Å². The Morgan fingerprint density at radius 2 is 1.23 bits per heavy atom. The Morgan fingerprint density at radius 3 is 1.63 bits per heavy atom. The smallest absolute Gasteiger partial charge is 0.309 e. The van der Waals surface area contributed by atoms with Crippen LogP contribution in [-0.2, 0) is 14.3 Å². The van der Waals surface area contributed by atoms with Gasteiger partial charge in [-0.2, -0.15) is 0 Å². The van der Waals surface area contributed by atoms with E-state index in [9.17, 15) is 4.79 Å². The van der Waals surface area contributed by atoms with Crippen LogP contribution in [0.25, 0.3) is 0 Å². The van der Waals surface area contributed by atoms with Crippen molar-refractivity contribution in [2.24, 2.45) is 5.92 Å². The number of epoxide rings is 1. The summed E-state index contributed by atoms with van der Waals surface area (Å²) in [6.45, 7) is 5.30. The van der Waals surface area contributed by atoms with Crippen molar-refractivity contribution < 1.29 is 14.3 Å². The third-order valence-corrected chi connectivity index (χ3v) is 4.66. The molecule has 0 aromatic heterocycles. The highest BCUT2D eigenvalue weighted by Crippen LogP contribution is 2.15. The number of carbonyl (C=O) groups excluding carboxylic acids is 1. The lowest BCUT2D eigenvalue weighted by Crippen LogP contribution is -2.18. The quantitative estimate of drug-likeness (QED) is 0.146. The topological polar surface area (TPSA) is 38.8 Å². The van der Waals surface area contributed by atoms with E-state index in [0.717, 1.165) is 58.0 Å². The predicted molar refractivity (Wildman–Crippen MR) is 127 cm³/mol. The van der Waals surface area contributed by atoms with Crippen LogP contribution >= 0.6 is 0 Å². The molecule has 3 nitrogen and oxygen atoms in total. The van der Waals surface area contributed by atoms with Gasteiger partial charge in [0, 0.05) is 0 Å². The summed E-state index contributed by atoms with van der Waals surface area (Å²) >= 11 is 0. The van der Waals surface area contributed by atoms with Gasteiger partial charge in [0.05, 0.1) is 12.5 Å². The molecule has 1 aliphatic heterocycles. The average Bonchev–Trinajstić information content (AvgIpc) is 3.58. The van der Waals surface area contributed by atoms with Gasteiger partial charge in [0.25, 0.3) is 0 Å². The van der Waals surface area contributed by atoms with Crippen molar-refractivity contribution in [1.29, 1.82) is 0 Å². The maximum atomic E-state index is 12.0. The van der Waals surface area contributed by atoms with E-state index >= 15 is 0 Å². The Balaban J connectivity index is 2.02. The number of carbonyl (C=O) groups is 1. The largest absolute Gasteiger partial charge is 0.463 e. The van der Waals surface area contributed by atoms with Crippen molar-refractivity contribution in [3.8, 4) is 0 Å². The van der Waals surface area contributed by atoms with Crippen molar-refractivity contribution in [2.75, 3.05) is 13.2 Å². The molecule has 0 aromatic carbocycles. The van der Waals surface area contributed by atoms with Gasteiger partial charge in [-0.3, -0.25) is 4.79 Å². The minimum Gasteiger partial charge on any atom is -0.463 e. The van der Waals surface area contributed by atoms with Gasteiger partial charge in [-0.05, 0) is 51.4 Å².